The highest BCUT2D eigenvalue weighted by molar-refractivity contribution is 5.91. The summed E-state index contributed by atoms with van der Waals surface area (Å²) >= 11 is 0. The quantitative estimate of drug-likeness (QED) is 0.779. The lowest BCUT2D eigenvalue weighted by Gasteiger charge is -2.23. The summed E-state index contributed by atoms with van der Waals surface area (Å²) in [6.45, 7) is 0. The van der Waals surface area contributed by atoms with Crippen molar-refractivity contribution in [2.45, 2.75) is 12.5 Å². The maximum Gasteiger partial charge on any atom is 0.222 e. The van der Waals surface area contributed by atoms with Crippen LogP contribution in [-0.4, -0.2) is 11.9 Å². The third kappa shape index (κ3) is 1.94. The molecule has 1 heterocycles. The summed E-state index contributed by atoms with van der Waals surface area (Å²) in [5.41, 5.74) is 1.20. The molecular formula is C15H13NO. The second-order valence-corrected chi connectivity index (χ2v) is 4.31. The Morgan fingerprint density at radius 3 is 2.71 bits per heavy atom. The predicted molar refractivity (Wildman–Crippen MR) is 69.5 cm³/mol. The van der Waals surface area contributed by atoms with Crippen LogP contribution in [0, 0.1) is 0 Å². The van der Waals surface area contributed by atoms with Crippen molar-refractivity contribution < 1.29 is 4.79 Å². The van der Waals surface area contributed by atoms with Crippen molar-refractivity contribution in [2.24, 2.45) is 0 Å². The predicted octanol–water partition coefficient (Wildman–Crippen LogP) is 2.74. The molecule has 1 aliphatic heterocycles. The number of nitrogens with one attached hydrogen (secondary N) is 1. The van der Waals surface area contributed by atoms with Crippen molar-refractivity contribution in [1.29, 1.82) is 0 Å². The van der Waals surface area contributed by atoms with E-state index in [2.05, 4.69) is 47.8 Å². The molecule has 1 atom stereocenters. The molecule has 2 aromatic rings. The van der Waals surface area contributed by atoms with E-state index >= 15 is 0 Å². The summed E-state index contributed by atoms with van der Waals surface area (Å²) in [5, 5.41) is 5.33. The molecule has 2 aromatic carbocycles. The van der Waals surface area contributed by atoms with Crippen LogP contribution in [0.3, 0.4) is 0 Å². The van der Waals surface area contributed by atoms with Crippen LogP contribution >= 0.6 is 0 Å². The third-order valence-corrected chi connectivity index (χ3v) is 3.08. The first kappa shape index (κ1) is 10.1. The molecule has 0 bridgehead atoms. The van der Waals surface area contributed by atoms with E-state index in [1.54, 1.807) is 0 Å². The van der Waals surface area contributed by atoms with Gasteiger partial charge < -0.3 is 5.32 Å². The van der Waals surface area contributed by atoms with Gasteiger partial charge in [-0.15, -0.1) is 0 Å². The summed E-state index contributed by atoms with van der Waals surface area (Å²) in [4.78, 5) is 10.8. The van der Waals surface area contributed by atoms with E-state index in [0.717, 1.165) is 0 Å². The van der Waals surface area contributed by atoms with Crippen LogP contribution in [0.5, 0.6) is 0 Å². The number of hydrogen-bond acceptors (Lipinski definition) is 1. The summed E-state index contributed by atoms with van der Waals surface area (Å²) in [5.74, 6) is 0.137. The molecule has 0 aliphatic carbocycles. The largest absolute Gasteiger partial charge is 0.349 e. The van der Waals surface area contributed by atoms with Crippen LogP contribution in [-0.2, 0) is 4.79 Å². The summed E-state index contributed by atoms with van der Waals surface area (Å²) < 4.78 is 0. The monoisotopic (exact) mass is 223 g/mol. The molecule has 0 spiro atoms. The van der Waals surface area contributed by atoms with Crippen LogP contribution < -0.4 is 5.32 Å². The van der Waals surface area contributed by atoms with Gasteiger partial charge in [0.1, 0.15) is 0 Å². The highest BCUT2D eigenvalue weighted by atomic mass is 16.2. The minimum absolute atomic E-state index is 0.137. The zero-order chi connectivity index (χ0) is 11.7. The average molecular weight is 223 g/mol. The van der Waals surface area contributed by atoms with E-state index in [0.29, 0.717) is 6.42 Å². The SMILES string of the molecule is O=C1CC(/C=C/c2cccc3ccccc23)N1. The minimum atomic E-state index is 0.137. The summed E-state index contributed by atoms with van der Waals surface area (Å²) in [7, 11) is 0. The van der Waals surface area contributed by atoms with E-state index in [-0.39, 0.29) is 11.9 Å². The lowest BCUT2D eigenvalue weighted by molar-refractivity contribution is -0.127. The van der Waals surface area contributed by atoms with Crippen LogP contribution in [0.2, 0.25) is 0 Å². The van der Waals surface area contributed by atoms with Gasteiger partial charge in [-0.05, 0) is 16.3 Å². The Balaban J connectivity index is 1.92. The number of fused-ring (bicyclic) bond motifs is 1. The molecule has 3 rings (SSSR count). The molecule has 1 amide bonds. The van der Waals surface area contributed by atoms with Crippen LogP contribution in [0.4, 0.5) is 0 Å². The minimum Gasteiger partial charge on any atom is -0.349 e. The lowest BCUT2D eigenvalue weighted by Crippen LogP contribution is -2.46. The molecule has 84 valence electrons. The highest BCUT2D eigenvalue weighted by Crippen LogP contribution is 2.20. The van der Waals surface area contributed by atoms with E-state index in [1.165, 1.54) is 16.3 Å². The second-order valence-electron chi connectivity index (χ2n) is 4.31. The van der Waals surface area contributed by atoms with E-state index in [1.807, 2.05) is 12.1 Å². The number of β-lactam (4-membered cyclic amide) rings is 1. The van der Waals surface area contributed by atoms with Crippen LogP contribution in [0.15, 0.2) is 48.5 Å². The molecule has 1 fully saturated rings. The van der Waals surface area contributed by atoms with Gasteiger partial charge in [-0.2, -0.15) is 0 Å². The molecule has 2 nitrogen and oxygen atoms in total. The van der Waals surface area contributed by atoms with Crippen molar-refractivity contribution in [2.75, 3.05) is 0 Å². The van der Waals surface area contributed by atoms with Crippen molar-refractivity contribution in [1.82, 2.24) is 5.32 Å². The van der Waals surface area contributed by atoms with Gasteiger partial charge in [0, 0.05) is 0 Å². The molecule has 1 unspecified atom stereocenters. The Bertz CT molecular complexity index is 587. The Morgan fingerprint density at radius 1 is 1.12 bits per heavy atom. The fraction of sp³-hybridized carbons (Fsp3) is 0.133. The van der Waals surface area contributed by atoms with E-state index < -0.39 is 0 Å². The van der Waals surface area contributed by atoms with Crippen molar-refractivity contribution in [3.8, 4) is 0 Å². The Labute approximate surface area is 100.0 Å². The number of amides is 1. The van der Waals surface area contributed by atoms with Crippen molar-refractivity contribution >= 4 is 22.8 Å². The van der Waals surface area contributed by atoms with Crippen LogP contribution in [0.1, 0.15) is 12.0 Å². The molecule has 1 N–H and O–H groups in total. The first-order valence-electron chi connectivity index (χ1n) is 5.78. The fourth-order valence-corrected chi connectivity index (χ4v) is 2.12. The normalized spacial score (nSPS) is 19.3. The van der Waals surface area contributed by atoms with Gasteiger partial charge in [-0.25, -0.2) is 0 Å². The van der Waals surface area contributed by atoms with Gasteiger partial charge in [0.2, 0.25) is 5.91 Å². The maximum atomic E-state index is 10.8. The van der Waals surface area contributed by atoms with Gasteiger partial charge in [0.05, 0.1) is 12.5 Å². The smallest absolute Gasteiger partial charge is 0.222 e. The maximum absolute atomic E-state index is 10.8. The highest BCUT2D eigenvalue weighted by Gasteiger charge is 2.21. The average Bonchev–Trinajstić information content (AvgIpc) is 2.33. The summed E-state index contributed by atoms with van der Waals surface area (Å²) in [6, 6.07) is 14.8. The molecular weight excluding hydrogens is 210 g/mol. The molecule has 1 saturated heterocycles. The van der Waals surface area contributed by atoms with Gasteiger partial charge in [-0.3, -0.25) is 4.79 Å². The first-order chi connectivity index (χ1) is 8.33. The fourth-order valence-electron chi connectivity index (χ4n) is 2.12. The van der Waals surface area contributed by atoms with Crippen molar-refractivity contribution in [3.63, 3.8) is 0 Å². The van der Waals surface area contributed by atoms with Gasteiger partial charge in [0.25, 0.3) is 0 Å². The molecule has 0 aromatic heterocycles. The molecule has 2 heteroatoms. The van der Waals surface area contributed by atoms with E-state index in [4.69, 9.17) is 0 Å². The molecule has 0 saturated carbocycles. The Morgan fingerprint density at radius 2 is 1.88 bits per heavy atom. The third-order valence-electron chi connectivity index (χ3n) is 3.08. The number of carbonyl (C=O) groups excluding carboxylic acids is 1. The van der Waals surface area contributed by atoms with Crippen LogP contribution in [0.25, 0.3) is 16.8 Å². The Hall–Kier alpha value is -2.09. The van der Waals surface area contributed by atoms with Crippen molar-refractivity contribution in [3.05, 3.63) is 54.1 Å². The zero-order valence-corrected chi connectivity index (χ0v) is 9.39. The number of carbonyl (C=O) groups is 1. The molecule has 0 radical (unpaired) electrons. The van der Waals surface area contributed by atoms with Gasteiger partial charge in [0.15, 0.2) is 0 Å². The molecule has 1 aliphatic rings. The molecule has 17 heavy (non-hydrogen) atoms. The standard InChI is InChI=1S/C15H13NO/c17-15-10-13(16-15)9-8-12-6-3-5-11-4-1-2-7-14(11)12/h1-9,13H,10H2,(H,16,17)/b9-8+. The van der Waals surface area contributed by atoms with Gasteiger partial charge >= 0.3 is 0 Å². The number of rotatable bonds is 2. The van der Waals surface area contributed by atoms with E-state index in [9.17, 15) is 4.79 Å². The number of hydrogen-bond donors (Lipinski definition) is 1. The topological polar surface area (TPSA) is 29.1 Å². The first-order valence-corrected chi connectivity index (χ1v) is 5.78. The second kappa shape index (κ2) is 4.06. The summed E-state index contributed by atoms with van der Waals surface area (Å²) in [6.07, 6.45) is 4.76. The number of benzene rings is 2. The van der Waals surface area contributed by atoms with Gasteiger partial charge in [-0.1, -0.05) is 54.6 Å². The Kier molecular flexibility index (Phi) is 2.41. The lowest BCUT2D eigenvalue weighted by atomic mass is 10.0. The zero-order valence-electron chi connectivity index (χ0n) is 9.39.